The lowest BCUT2D eigenvalue weighted by Crippen LogP contribution is -2.48. The van der Waals surface area contributed by atoms with Crippen molar-refractivity contribution in [3.63, 3.8) is 0 Å². The third-order valence-corrected chi connectivity index (χ3v) is 2.70. The minimum atomic E-state index is -1.08. The zero-order valence-electron chi connectivity index (χ0n) is 9.80. The Balaban J connectivity index is 2.63. The van der Waals surface area contributed by atoms with E-state index in [1.807, 2.05) is 13.8 Å². The number of ether oxygens (including phenoxy) is 2. The molecular formula is C11H18O5. The SMILES string of the molecule is COC(=O)C[C@@H]1CC(=O)[C@@H](O)[C@H](C(C)C)O1. The Morgan fingerprint density at radius 1 is 1.62 bits per heavy atom. The van der Waals surface area contributed by atoms with Crippen LogP contribution in [0.2, 0.25) is 0 Å². The molecule has 1 fully saturated rings. The van der Waals surface area contributed by atoms with Crippen LogP contribution in [0.3, 0.4) is 0 Å². The predicted molar refractivity (Wildman–Crippen MR) is 55.8 cm³/mol. The van der Waals surface area contributed by atoms with Crippen molar-refractivity contribution in [1.82, 2.24) is 0 Å². The van der Waals surface area contributed by atoms with Gasteiger partial charge < -0.3 is 14.6 Å². The summed E-state index contributed by atoms with van der Waals surface area (Å²) >= 11 is 0. The van der Waals surface area contributed by atoms with E-state index in [1.54, 1.807) is 0 Å². The molecule has 0 spiro atoms. The first-order valence-corrected chi connectivity index (χ1v) is 5.38. The van der Waals surface area contributed by atoms with Crippen molar-refractivity contribution in [2.24, 2.45) is 5.92 Å². The third-order valence-electron chi connectivity index (χ3n) is 2.70. The zero-order valence-corrected chi connectivity index (χ0v) is 9.80. The number of ketones is 1. The Hall–Kier alpha value is -0.940. The number of carbonyl (C=O) groups is 2. The van der Waals surface area contributed by atoms with Crippen LogP contribution in [0.5, 0.6) is 0 Å². The van der Waals surface area contributed by atoms with Gasteiger partial charge in [-0.2, -0.15) is 0 Å². The smallest absolute Gasteiger partial charge is 0.308 e. The van der Waals surface area contributed by atoms with Crippen molar-refractivity contribution in [1.29, 1.82) is 0 Å². The average Bonchev–Trinajstić information content (AvgIpc) is 2.22. The molecule has 0 aromatic heterocycles. The minimum absolute atomic E-state index is 0.0272. The number of esters is 1. The van der Waals surface area contributed by atoms with Crippen molar-refractivity contribution < 1.29 is 24.2 Å². The van der Waals surface area contributed by atoms with Gasteiger partial charge >= 0.3 is 5.97 Å². The van der Waals surface area contributed by atoms with E-state index in [-0.39, 0.29) is 24.5 Å². The lowest BCUT2D eigenvalue weighted by Gasteiger charge is -2.34. The van der Waals surface area contributed by atoms with E-state index in [0.29, 0.717) is 0 Å². The molecule has 0 aliphatic carbocycles. The van der Waals surface area contributed by atoms with Crippen LogP contribution in [-0.2, 0) is 19.1 Å². The van der Waals surface area contributed by atoms with Gasteiger partial charge in [0.2, 0.25) is 0 Å². The number of rotatable bonds is 3. The Kier molecular flexibility index (Phi) is 4.44. The summed E-state index contributed by atoms with van der Waals surface area (Å²) in [4.78, 5) is 22.6. The molecule has 0 bridgehead atoms. The van der Waals surface area contributed by atoms with Crippen molar-refractivity contribution in [2.75, 3.05) is 7.11 Å². The first kappa shape index (κ1) is 13.1. The molecule has 1 aliphatic heterocycles. The largest absolute Gasteiger partial charge is 0.469 e. The fourth-order valence-electron chi connectivity index (χ4n) is 1.78. The number of hydrogen-bond acceptors (Lipinski definition) is 5. The molecule has 0 unspecified atom stereocenters. The molecule has 0 aromatic carbocycles. The maximum Gasteiger partial charge on any atom is 0.308 e. The molecule has 1 N–H and O–H groups in total. The van der Waals surface area contributed by atoms with Gasteiger partial charge in [0.1, 0.15) is 6.10 Å². The van der Waals surface area contributed by atoms with E-state index in [2.05, 4.69) is 4.74 Å². The maximum absolute atomic E-state index is 11.5. The molecule has 1 saturated heterocycles. The summed E-state index contributed by atoms with van der Waals surface area (Å²) < 4.78 is 10.0. The van der Waals surface area contributed by atoms with Crippen molar-refractivity contribution in [3.05, 3.63) is 0 Å². The van der Waals surface area contributed by atoms with Gasteiger partial charge in [-0.1, -0.05) is 13.8 Å². The van der Waals surface area contributed by atoms with Gasteiger partial charge in [0.15, 0.2) is 5.78 Å². The maximum atomic E-state index is 11.5. The quantitative estimate of drug-likeness (QED) is 0.706. The lowest BCUT2D eigenvalue weighted by molar-refractivity contribution is -0.169. The van der Waals surface area contributed by atoms with Crippen molar-refractivity contribution >= 4 is 11.8 Å². The molecule has 1 heterocycles. The topological polar surface area (TPSA) is 72.8 Å². The van der Waals surface area contributed by atoms with Crippen LogP contribution in [-0.4, -0.2) is 42.3 Å². The summed E-state index contributed by atoms with van der Waals surface area (Å²) in [6.45, 7) is 3.73. The summed E-state index contributed by atoms with van der Waals surface area (Å²) in [5.41, 5.74) is 0. The van der Waals surface area contributed by atoms with Crippen LogP contribution < -0.4 is 0 Å². The number of Topliss-reactive ketones (excluding diaryl/α,β-unsaturated/α-hetero) is 1. The lowest BCUT2D eigenvalue weighted by atomic mass is 9.91. The summed E-state index contributed by atoms with van der Waals surface area (Å²) in [7, 11) is 1.29. The highest BCUT2D eigenvalue weighted by Gasteiger charge is 2.38. The Morgan fingerprint density at radius 2 is 2.25 bits per heavy atom. The minimum Gasteiger partial charge on any atom is -0.469 e. The number of carbonyl (C=O) groups excluding carboxylic acids is 2. The Bertz CT molecular complexity index is 272. The fourth-order valence-corrected chi connectivity index (χ4v) is 1.78. The molecule has 1 aliphatic rings. The molecule has 16 heavy (non-hydrogen) atoms. The second-order valence-corrected chi connectivity index (χ2v) is 4.36. The molecule has 0 amide bonds. The second-order valence-electron chi connectivity index (χ2n) is 4.36. The molecule has 92 valence electrons. The normalized spacial score (nSPS) is 30.6. The van der Waals surface area contributed by atoms with Crippen molar-refractivity contribution in [2.45, 2.75) is 45.0 Å². The third kappa shape index (κ3) is 3.02. The first-order valence-electron chi connectivity index (χ1n) is 5.38. The Labute approximate surface area is 94.7 Å². The molecule has 5 nitrogen and oxygen atoms in total. The molecule has 3 atom stereocenters. The van der Waals surface area contributed by atoms with Gasteiger partial charge in [-0.3, -0.25) is 9.59 Å². The standard InChI is InChI=1S/C11H18O5/c1-6(2)11-10(14)8(12)4-7(16-11)5-9(13)15-3/h6-7,10-11,14H,4-5H2,1-3H3/t7-,10+,11-/m0/s1. The number of methoxy groups -OCH3 is 1. The van der Waals surface area contributed by atoms with Gasteiger partial charge in [-0.25, -0.2) is 0 Å². The molecular weight excluding hydrogens is 212 g/mol. The van der Waals surface area contributed by atoms with Gasteiger partial charge in [0.25, 0.3) is 0 Å². The van der Waals surface area contributed by atoms with Crippen LogP contribution in [0, 0.1) is 5.92 Å². The first-order chi connectivity index (χ1) is 7.45. The number of aliphatic hydroxyl groups excluding tert-OH is 1. The Morgan fingerprint density at radius 3 is 2.75 bits per heavy atom. The van der Waals surface area contributed by atoms with Crippen LogP contribution >= 0.6 is 0 Å². The van der Waals surface area contributed by atoms with Gasteiger partial charge in [-0.15, -0.1) is 0 Å². The van der Waals surface area contributed by atoms with Crippen LogP contribution in [0.15, 0.2) is 0 Å². The van der Waals surface area contributed by atoms with Crippen molar-refractivity contribution in [3.8, 4) is 0 Å². The number of hydrogen-bond donors (Lipinski definition) is 1. The summed E-state index contributed by atoms with van der Waals surface area (Å²) in [5, 5.41) is 9.63. The van der Waals surface area contributed by atoms with Crippen LogP contribution in [0.25, 0.3) is 0 Å². The van der Waals surface area contributed by atoms with E-state index in [0.717, 1.165) is 0 Å². The monoisotopic (exact) mass is 230 g/mol. The fraction of sp³-hybridized carbons (Fsp3) is 0.818. The highest BCUT2D eigenvalue weighted by Crippen LogP contribution is 2.24. The van der Waals surface area contributed by atoms with Gasteiger partial charge in [0, 0.05) is 6.42 Å². The second kappa shape index (κ2) is 5.41. The van der Waals surface area contributed by atoms with E-state index in [1.165, 1.54) is 7.11 Å². The van der Waals surface area contributed by atoms with Gasteiger partial charge in [-0.05, 0) is 5.92 Å². The molecule has 0 radical (unpaired) electrons. The van der Waals surface area contributed by atoms with E-state index < -0.39 is 24.3 Å². The predicted octanol–water partition coefficient (Wildman–Crippen LogP) is 0.293. The van der Waals surface area contributed by atoms with E-state index >= 15 is 0 Å². The summed E-state index contributed by atoms with van der Waals surface area (Å²) in [6.07, 6.45) is -1.96. The highest BCUT2D eigenvalue weighted by molar-refractivity contribution is 5.85. The molecule has 5 heteroatoms. The average molecular weight is 230 g/mol. The van der Waals surface area contributed by atoms with Crippen LogP contribution in [0.4, 0.5) is 0 Å². The molecule has 0 saturated carbocycles. The van der Waals surface area contributed by atoms with E-state index in [4.69, 9.17) is 4.74 Å². The summed E-state index contributed by atoms with van der Waals surface area (Å²) in [5.74, 6) is -0.644. The molecule has 0 aromatic rings. The van der Waals surface area contributed by atoms with Crippen LogP contribution in [0.1, 0.15) is 26.7 Å². The highest BCUT2D eigenvalue weighted by atomic mass is 16.5. The summed E-state index contributed by atoms with van der Waals surface area (Å²) in [6, 6.07) is 0. The van der Waals surface area contributed by atoms with E-state index in [9.17, 15) is 14.7 Å². The van der Waals surface area contributed by atoms with Gasteiger partial charge in [0.05, 0.1) is 25.7 Å². The number of aliphatic hydroxyl groups is 1. The molecule has 1 rings (SSSR count). The zero-order chi connectivity index (χ0) is 12.3.